The molecular weight excluding hydrogens is 130 g/mol. The van der Waals surface area contributed by atoms with Crippen LogP contribution in [-0.2, 0) is 4.79 Å². The van der Waals surface area contributed by atoms with Crippen molar-refractivity contribution < 1.29 is 9.90 Å². The Morgan fingerprint density at radius 2 is 2.20 bits per heavy atom. The van der Waals surface area contributed by atoms with Crippen LogP contribution >= 0.6 is 0 Å². The molecule has 0 rings (SSSR count). The van der Waals surface area contributed by atoms with Crippen molar-refractivity contribution >= 4 is 5.91 Å². The summed E-state index contributed by atoms with van der Waals surface area (Å²) in [7, 11) is 0. The van der Waals surface area contributed by atoms with Gasteiger partial charge in [0.15, 0.2) is 0 Å². The summed E-state index contributed by atoms with van der Waals surface area (Å²) in [5.41, 5.74) is 0. The van der Waals surface area contributed by atoms with Gasteiger partial charge in [-0.1, -0.05) is 0 Å². The van der Waals surface area contributed by atoms with Crippen LogP contribution in [0.1, 0.15) is 19.3 Å². The zero-order valence-electron chi connectivity index (χ0n) is 6.10. The highest BCUT2D eigenvalue weighted by Gasteiger charge is 1.93. The fourth-order valence-electron chi connectivity index (χ4n) is 0.553. The number of hydrogen-bond acceptors (Lipinski definition) is 2. The van der Waals surface area contributed by atoms with Gasteiger partial charge in [-0.05, 0) is 19.8 Å². The van der Waals surface area contributed by atoms with Crippen molar-refractivity contribution in [1.29, 1.82) is 0 Å². The second-order valence-corrected chi connectivity index (χ2v) is 2.03. The topological polar surface area (TPSA) is 49.3 Å². The number of aliphatic hydroxyl groups excluding tert-OH is 1. The first-order valence-electron chi connectivity index (χ1n) is 3.48. The van der Waals surface area contributed by atoms with Crippen molar-refractivity contribution in [1.82, 2.24) is 5.32 Å². The fraction of sp³-hybridized carbons (Fsp3) is 0.714. The lowest BCUT2D eigenvalue weighted by atomic mass is 10.3. The number of nitrogens with one attached hydrogen (secondary N) is 1. The van der Waals surface area contributed by atoms with Gasteiger partial charge in [-0.3, -0.25) is 4.79 Å². The summed E-state index contributed by atoms with van der Waals surface area (Å²) in [5, 5.41) is 11.0. The molecule has 0 saturated heterocycles. The van der Waals surface area contributed by atoms with E-state index in [1.807, 2.05) is 0 Å². The Labute approximate surface area is 61.4 Å². The standard InChI is InChI=1S/C7H14NO2/c1-2-7(10)8-5-3-4-6-9/h9H,1-6H2,(H,8,10). The van der Waals surface area contributed by atoms with Gasteiger partial charge in [0.1, 0.15) is 0 Å². The van der Waals surface area contributed by atoms with E-state index < -0.39 is 0 Å². The van der Waals surface area contributed by atoms with Crippen molar-refractivity contribution in [2.45, 2.75) is 19.3 Å². The summed E-state index contributed by atoms with van der Waals surface area (Å²) in [5.74, 6) is -0.0297. The maximum absolute atomic E-state index is 10.5. The first kappa shape index (κ1) is 9.43. The summed E-state index contributed by atoms with van der Waals surface area (Å²) in [6, 6.07) is 0. The molecule has 0 heterocycles. The SMILES string of the molecule is [CH2]CC(=O)NCCCCO. The van der Waals surface area contributed by atoms with Crippen LogP contribution in [0.25, 0.3) is 0 Å². The number of aliphatic hydroxyl groups is 1. The lowest BCUT2D eigenvalue weighted by molar-refractivity contribution is -0.120. The van der Waals surface area contributed by atoms with Gasteiger partial charge < -0.3 is 10.4 Å². The maximum Gasteiger partial charge on any atom is 0.219 e. The summed E-state index contributed by atoms with van der Waals surface area (Å²) in [4.78, 5) is 10.5. The van der Waals surface area contributed by atoms with Crippen LogP contribution in [0.15, 0.2) is 0 Å². The highest BCUT2D eigenvalue weighted by atomic mass is 16.2. The van der Waals surface area contributed by atoms with Crippen LogP contribution in [0.4, 0.5) is 0 Å². The molecule has 0 unspecified atom stereocenters. The van der Waals surface area contributed by atoms with E-state index in [4.69, 9.17) is 5.11 Å². The molecule has 0 aromatic carbocycles. The van der Waals surface area contributed by atoms with Crippen molar-refractivity contribution in [3.05, 3.63) is 6.92 Å². The van der Waals surface area contributed by atoms with Gasteiger partial charge >= 0.3 is 0 Å². The number of amides is 1. The fourth-order valence-corrected chi connectivity index (χ4v) is 0.553. The molecule has 0 aliphatic rings. The second kappa shape index (κ2) is 6.55. The van der Waals surface area contributed by atoms with Crippen molar-refractivity contribution in [3.8, 4) is 0 Å². The zero-order chi connectivity index (χ0) is 7.82. The van der Waals surface area contributed by atoms with E-state index in [2.05, 4.69) is 12.2 Å². The van der Waals surface area contributed by atoms with E-state index in [0.29, 0.717) is 13.0 Å². The molecule has 3 nitrogen and oxygen atoms in total. The van der Waals surface area contributed by atoms with Crippen molar-refractivity contribution in [2.24, 2.45) is 0 Å². The van der Waals surface area contributed by atoms with Gasteiger partial charge in [-0.2, -0.15) is 0 Å². The summed E-state index contributed by atoms with van der Waals surface area (Å²) < 4.78 is 0. The molecule has 0 spiro atoms. The Morgan fingerprint density at radius 1 is 1.50 bits per heavy atom. The quantitative estimate of drug-likeness (QED) is 0.538. The molecule has 0 aliphatic carbocycles. The van der Waals surface area contributed by atoms with Gasteiger partial charge in [-0.15, -0.1) is 0 Å². The predicted octanol–water partition coefficient (Wildman–Crippen LogP) is 0.0993. The Bertz CT molecular complexity index is 93.6. The average molecular weight is 144 g/mol. The molecule has 1 radical (unpaired) electrons. The average Bonchev–Trinajstić information content (AvgIpc) is 1.98. The number of hydrogen-bond donors (Lipinski definition) is 2. The zero-order valence-corrected chi connectivity index (χ0v) is 6.10. The van der Waals surface area contributed by atoms with E-state index in [1.165, 1.54) is 0 Å². The molecule has 59 valence electrons. The third-order valence-corrected chi connectivity index (χ3v) is 1.13. The molecule has 2 N–H and O–H groups in total. The Hall–Kier alpha value is -0.570. The van der Waals surface area contributed by atoms with Crippen molar-refractivity contribution in [2.75, 3.05) is 13.2 Å². The molecule has 0 saturated carbocycles. The van der Waals surface area contributed by atoms with Gasteiger partial charge in [0.05, 0.1) is 0 Å². The summed E-state index contributed by atoms with van der Waals surface area (Å²) in [6.07, 6.45) is 1.87. The van der Waals surface area contributed by atoms with Crippen LogP contribution in [0.5, 0.6) is 0 Å². The third-order valence-electron chi connectivity index (χ3n) is 1.13. The highest BCUT2D eigenvalue weighted by Crippen LogP contribution is 1.84. The first-order chi connectivity index (χ1) is 4.81. The summed E-state index contributed by atoms with van der Waals surface area (Å²) >= 11 is 0. The molecule has 0 atom stereocenters. The lowest BCUT2D eigenvalue weighted by Crippen LogP contribution is -2.23. The lowest BCUT2D eigenvalue weighted by Gasteiger charge is -2.00. The van der Waals surface area contributed by atoms with Crippen LogP contribution in [0, 0.1) is 6.92 Å². The molecule has 3 heteroatoms. The Morgan fingerprint density at radius 3 is 2.70 bits per heavy atom. The van der Waals surface area contributed by atoms with Gasteiger partial charge in [-0.25, -0.2) is 0 Å². The molecule has 10 heavy (non-hydrogen) atoms. The molecule has 0 bridgehead atoms. The number of rotatable bonds is 5. The van der Waals surface area contributed by atoms with Gasteiger partial charge in [0, 0.05) is 19.6 Å². The van der Waals surface area contributed by atoms with E-state index in [0.717, 1.165) is 12.8 Å². The largest absolute Gasteiger partial charge is 0.396 e. The number of carbonyl (C=O) groups is 1. The smallest absolute Gasteiger partial charge is 0.219 e. The molecule has 0 fully saturated rings. The van der Waals surface area contributed by atoms with E-state index >= 15 is 0 Å². The minimum atomic E-state index is -0.0297. The monoisotopic (exact) mass is 144 g/mol. The maximum atomic E-state index is 10.5. The predicted molar refractivity (Wildman–Crippen MR) is 39.3 cm³/mol. The van der Waals surface area contributed by atoms with Gasteiger partial charge in [0.2, 0.25) is 5.91 Å². The van der Waals surface area contributed by atoms with E-state index in [-0.39, 0.29) is 12.5 Å². The minimum Gasteiger partial charge on any atom is -0.396 e. The molecular formula is C7H14NO2. The highest BCUT2D eigenvalue weighted by molar-refractivity contribution is 5.76. The molecule has 0 aliphatic heterocycles. The first-order valence-corrected chi connectivity index (χ1v) is 3.48. The van der Waals surface area contributed by atoms with E-state index in [9.17, 15) is 4.79 Å². The van der Waals surface area contributed by atoms with Crippen LogP contribution in [0.2, 0.25) is 0 Å². The second-order valence-electron chi connectivity index (χ2n) is 2.03. The normalized spacial score (nSPS) is 9.40. The van der Waals surface area contributed by atoms with E-state index in [1.54, 1.807) is 0 Å². The third kappa shape index (κ3) is 5.56. The molecule has 0 aromatic heterocycles. The molecule has 0 aromatic rings. The van der Waals surface area contributed by atoms with Crippen LogP contribution in [0.3, 0.4) is 0 Å². The molecule has 1 amide bonds. The Balaban J connectivity index is 2.96. The van der Waals surface area contributed by atoms with Gasteiger partial charge in [0.25, 0.3) is 0 Å². The Kier molecular flexibility index (Phi) is 6.18. The van der Waals surface area contributed by atoms with Crippen LogP contribution in [-0.4, -0.2) is 24.2 Å². The number of unbranched alkanes of at least 4 members (excludes halogenated alkanes) is 1. The minimum absolute atomic E-state index is 0.0297. The summed E-state index contributed by atoms with van der Waals surface area (Å²) in [6.45, 7) is 4.27. The number of carbonyl (C=O) groups excluding carboxylic acids is 1. The van der Waals surface area contributed by atoms with Crippen LogP contribution < -0.4 is 5.32 Å². The van der Waals surface area contributed by atoms with Crippen molar-refractivity contribution in [3.63, 3.8) is 0 Å².